The van der Waals surface area contributed by atoms with Crippen molar-refractivity contribution in [3.05, 3.63) is 29.1 Å². The number of urea groups is 1. The molecule has 2 aliphatic carbocycles. The van der Waals surface area contributed by atoms with Crippen LogP contribution in [0.2, 0.25) is 0 Å². The highest BCUT2D eigenvalue weighted by Crippen LogP contribution is 2.40. The number of rotatable bonds is 11. The number of benzene rings is 1. The number of fused-ring (bicyclic) bond motifs is 1. The molecule has 3 amide bonds. The van der Waals surface area contributed by atoms with Crippen molar-refractivity contribution in [1.29, 1.82) is 0 Å². The number of carbonyl (C=O) groups excluding carboxylic acids is 2. The molecule has 1 aromatic rings. The van der Waals surface area contributed by atoms with Crippen LogP contribution < -0.4 is 10.1 Å². The van der Waals surface area contributed by atoms with Gasteiger partial charge in [-0.15, -0.1) is 0 Å². The van der Waals surface area contributed by atoms with Gasteiger partial charge in [0.05, 0.1) is 18.1 Å². The van der Waals surface area contributed by atoms with E-state index >= 15 is 0 Å². The molecule has 3 aliphatic rings. The van der Waals surface area contributed by atoms with E-state index in [-0.39, 0.29) is 41.7 Å². The van der Waals surface area contributed by atoms with Gasteiger partial charge in [-0.3, -0.25) is 10.1 Å². The summed E-state index contributed by atoms with van der Waals surface area (Å²) in [6, 6.07) is 2.76. The number of ether oxygens (including phenoxy) is 1. The molecule has 9 heteroatoms. The van der Waals surface area contributed by atoms with Crippen LogP contribution in [0.15, 0.2) is 12.1 Å². The fourth-order valence-corrected chi connectivity index (χ4v) is 6.38. The molecule has 0 aromatic heterocycles. The Balaban J connectivity index is 1.29. The Kier molecular flexibility index (Phi) is 7.02. The number of sulfone groups is 1. The highest BCUT2D eigenvalue weighted by atomic mass is 32.2. The lowest BCUT2D eigenvalue weighted by Crippen LogP contribution is -2.29. The minimum atomic E-state index is -3.26. The van der Waals surface area contributed by atoms with Crippen LogP contribution in [0, 0.1) is 11.7 Å². The lowest BCUT2D eigenvalue weighted by molar-refractivity contribution is -0.118. The van der Waals surface area contributed by atoms with Gasteiger partial charge in [0, 0.05) is 12.1 Å². The van der Waals surface area contributed by atoms with Crippen LogP contribution in [-0.4, -0.2) is 56.5 Å². The van der Waals surface area contributed by atoms with Gasteiger partial charge in [0.1, 0.15) is 6.54 Å². The number of unbranched alkanes of at least 4 members (excludes halogenated alkanes) is 2. The van der Waals surface area contributed by atoms with Gasteiger partial charge in [-0.2, -0.15) is 0 Å². The largest absolute Gasteiger partial charge is 0.490 e. The van der Waals surface area contributed by atoms with Crippen LogP contribution in [0.1, 0.15) is 62.0 Å². The zero-order valence-corrected chi connectivity index (χ0v) is 19.1. The first-order valence-corrected chi connectivity index (χ1v) is 13.4. The van der Waals surface area contributed by atoms with E-state index in [2.05, 4.69) is 5.32 Å². The minimum absolute atomic E-state index is 0.0662. The summed E-state index contributed by atoms with van der Waals surface area (Å²) >= 11 is 0. The topological polar surface area (TPSA) is 92.8 Å². The van der Waals surface area contributed by atoms with E-state index < -0.39 is 9.84 Å². The number of imide groups is 1. The molecule has 0 spiro atoms. The third-order valence-electron chi connectivity index (χ3n) is 6.53. The maximum absolute atomic E-state index is 14.4. The Morgan fingerprint density at radius 3 is 2.66 bits per heavy atom. The van der Waals surface area contributed by atoms with E-state index in [1.165, 1.54) is 11.0 Å². The number of amides is 3. The monoisotopic (exact) mass is 466 g/mol. The molecule has 1 saturated heterocycles. The van der Waals surface area contributed by atoms with E-state index in [9.17, 15) is 22.4 Å². The first kappa shape index (κ1) is 23.0. The van der Waals surface area contributed by atoms with Crippen LogP contribution in [0.5, 0.6) is 5.75 Å². The number of hydrogen-bond donors (Lipinski definition) is 1. The average molecular weight is 467 g/mol. The second-order valence-electron chi connectivity index (χ2n) is 9.24. The molecule has 1 unspecified atom stereocenters. The third-order valence-corrected chi connectivity index (χ3v) is 8.36. The summed E-state index contributed by atoms with van der Waals surface area (Å²) in [6.45, 7) is 1.05. The van der Waals surface area contributed by atoms with Crippen molar-refractivity contribution in [3.63, 3.8) is 0 Å². The Bertz CT molecular complexity index is 977. The molecule has 2 fully saturated rings. The molecular weight excluding hydrogens is 435 g/mol. The summed E-state index contributed by atoms with van der Waals surface area (Å²) in [5.74, 6) is 0.207. The van der Waals surface area contributed by atoms with Gasteiger partial charge in [-0.25, -0.2) is 17.6 Å². The van der Waals surface area contributed by atoms with Crippen molar-refractivity contribution in [2.24, 2.45) is 5.92 Å². The summed E-state index contributed by atoms with van der Waals surface area (Å²) in [6.07, 6.45) is 6.42. The maximum Gasteiger partial charge on any atom is 0.324 e. The summed E-state index contributed by atoms with van der Waals surface area (Å²) < 4.78 is 45.8. The van der Waals surface area contributed by atoms with Gasteiger partial charge in [0.25, 0.3) is 0 Å². The number of hydrogen-bond acceptors (Lipinski definition) is 5. The second-order valence-corrected chi connectivity index (χ2v) is 11.5. The number of halogens is 1. The molecule has 1 aromatic carbocycles. The third kappa shape index (κ3) is 5.79. The SMILES string of the molecule is O=C1CN(CCCCCS(=O)(=O)CC2CCCc3c2ccc(F)c3OCC2CC2)C(=O)N1. The van der Waals surface area contributed by atoms with E-state index in [0.717, 1.165) is 43.2 Å². The van der Waals surface area contributed by atoms with Gasteiger partial charge >= 0.3 is 6.03 Å². The first-order chi connectivity index (χ1) is 15.3. The normalized spacial score (nSPS) is 20.9. The van der Waals surface area contributed by atoms with Gasteiger partial charge in [0.15, 0.2) is 21.4 Å². The van der Waals surface area contributed by atoms with Crippen LogP contribution in [0.4, 0.5) is 9.18 Å². The molecule has 7 nitrogen and oxygen atoms in total. The maximum atomic E-state index is 14.4. The predicted octanol–water partition coefficient (Wildman–Crippen LogP) is 3.17. The highest BCUT2D eigenvalue weighted by Gasteiger charge is 2.30. The fraction of sp³-hybridized carbons (Fsp3) is 0.652. The van der Waals surface area contributed by atoms with Crippen molar-refractivity contribution < 1.29 is 27.1 Å². The molecule has 1 aliphatic heterocycles. The molecule has 4 rings (SSSR count). The number of nitrogens with one attached hydrogen (secondary N) is 1. The first-order valence-electron chi connectivity index (χ1n) is 11.6. The zero-order chi connectivity index (χ0) is 22.7. The molecule has 1 heterocycles. The Morgan fingerprint density at radius 1 is 1.12 bits per heavy atom. The van der Waals surface area contributed by atoms with Gasteiger partial charge in [0.2, 0.25) is 5.91 Å². The van der Waals surface area contributed by atoms with Crippen molar-refractivity contribution >= 4 is 21.8 Å². The van der Waals surface area contributed by atoms with Crippen LogP contribution in [0.3, 0.4) is 0 Å². The molecule has 176 valence electrons. The predicted molar refractivity (Wildman–Crippen MR) is 118 cm³/mol. The Morgan fingerprint density at radius 2 is 1.94 bits per heavy atom. The Labute approximate surface area is 188 Å². The summed E-state index contributed by atoms with van der Waals surface area (Å²) in [5, 5.41) is 2.23. The molecule has 1 atom stereocenters. The average Bonchev–Trinajstić information content (AvgIpc) is 3.50. The van der Waals surface area contributed by atoms with E-state index in [1.807, 2.05) is 0 Å². The summed E-state index contributed by atoms with van der Waals surface area (Å²) in [4.78, 5) is 24.1. The van der Waals surface area contributed by atoms with Crippen molar-refractivity contribution in [2.75, 3.05) is 31.2 Å². The number of nitrogens with zero attached hydrogens (tertiary/aromatic N) is 1. The van der Waals surface area contributed by atoms with Gasteiger partial charge in [-0.05, 0) is 68.4 Å². The van der Waals surface area contributed by atoms with Gasteiger partial charge in [-0.1, -0.05) is 12.5 Å². The van der Waals surface area contributed by atoms with Crippen molar-refractivity contribution in [1.82, 2.24) is 10.2 Å². The molecule has 0 bridgehead atoms. The molecule has 32 heavy (non-hydrogen) atoms. The van der Waals surface area contributed by atoms with Gasteiger partial charge < -0.3 is 9.64 Å². The summed E-state index contributed by atoms with van der Waals surface area (Å²) in [7, 11) is -3.26. The highest BCUT2D eigenvalue weighted by molar-refractivity contribution is 7.91. The fourth-order valence-electron chi connectivity index (χ4n) is 4.61. The molecule has 1 saturated carbocycles. The Hall–Kier alpha value is -2.16. The van der Waals surface area contributed by atoms with Crippen LogP contribution >= 0.6 is 0 Å². The van der Waals surface area contributed by atoms with Crippen molar-refractivity contribution in [2.45, 2.75) is 57.3 Å². The zero-order valence-electron chi connectivity index (χ0n) is 18.3. The van der Waals surface area contributed by atoms with E-state index in [1.54, 1.807) is 6.07 Å². The lowest BCUT2D eigenvalue weighted by Gasteiger charge is -2.27. The van der Waals surface area contributed by atoms with Crippen LogP contribution in [0.25, 0.3) is 0 Å². The standard InChI is InChI=1S/C23H31FN2O5S/c24-20-10-9-18-17(5-4-6-19(18)22(20)31-14-16-7-8-16)15-32(29,30)12-3-1-2-11-26-13-21(27)25-23(26)28/h9-10,16-17H,1-8,11-15H2,(H,25,27,28). The van der Waals surface area contributed by atoms with E-state index in [0.29, 0.717) is 44.1 Å². The van der Waals surface area contributed by atoms with E-state index in [4.69, 9.17) is 4.74 Å². The molecule has 0 radical (unpaired) electrons. The quantitative estimate of drug-likeness (QED) is 0.399. The molecule has 1 N–H and O–H groups in total. The second kappa shape index (κ2) is 9.77. The molecular formula is C23H31FN2O5S. The lowest BCUT2D eigenvalue weighted by atomic mass is 9.83. The van der Waals surface area contributed by atoms with Crippen LogP contribution in [-0.2, 0) is 21.1 Å². The minimum Gasteiger partial charge on any atom is -0.490 e. The smallest absolute Gasteiger partial charge is 0.324 e. The van der Waals surface area contributed by atoms with Crippen molar-refractivity contribution in [3.8, 4) is 5.75 Å². The number of carbonyl (C=O) groups is 2. The summed E-state index contributed by atoms with van der Waals surface area (Å²) in [5.41, 5.74) is 1.76.